The number of carbonyl (C=O) groups excluding carboxylic acids is 1. The molecule has 0 bridgehead atoms. The predicted molar refractivity (Wildman–Crippen MR) is 78.5 cm³/mol. The summed E-state index contributed by atoms with van der Waals surface area (Å²) in [5.41, 5.74) is 2.65. The minimum absolute atomic E-state index is 0.00806. The summed E-state index contributed by atoms with van der Waals surface area (Å²) in [5.74, 6) is 1.17. The first-order valence-corrected chi connectivity index (χ1v) is 6.98. The van der Waals surface area contributed by atoms with E-state index < -0.39 is 0 Å². The molecule has 0 saturated heterocycles. The molecule has 100 valence electrons. The van der Waals surface area contributed by atoms with Crippen molar-refractivity contribution in [1.82, 2.24) is 0 Å². The molecule has 0 N–H and O–H groups in total. The number of hydrogen-bond donors (Lipinski definition) is 0. The second kappa shape index (κ2) is 5.87. The highest BCUT2D eigenvalue weighted by Gasteiger charge is 2.25. The van der Waals surface area contributed by atoms with Gasteiger partial charge in [-0.15, -0.1) is 0 Å². The van der Waals surface area contributed by atoms with E-state index in [1.165, 1.54) is 0 Å². The lowest BCUT2D eigenvalue weighted by molar-refractivity contribution is 0.0895. The van der Waals surface area contributed by atoms with Gasteiger partial charge in [-0.1, -0.05) is 36.7 Å². The van der Waals surface area contributed by atoms with Crippen LogP contribution in [-0.4, -0.2) is 12.9 Å². The number of rotatable bonds is 4. The molecule has 3 heteroatoms. The van der Waals surface area contributed by atoms with Crippen LogP contribution in [-0.2, 0) is 0 Å². The summed E-state index contributed by atoms with van der Waals surface area (Å²) < 4.78 is 6.38. The van der Waals surface area contributed by atoms with Crippen molar-refractivity contribution in [2.75, 3.05) is 7.11 Å². The smallest absolute Gasteiger partial charge is 0.169 e. The van der Waals surface area contributed by atoms with Crippen LogP contribution in [0.3, 0.4) is 0 Å². The molecule has 1 aromatic carbocycles. The minimum atomic E-state index is -0.00806. The Balaban J connectivity index is 3.43. The van der Waals surface area contributed by atoms with Gasteiger partial charge in [0.05, 0.1) is 12.7 Å². The lowest BCUT2D eigenvalue weighted by atomic mass is 9.87. The normalized spacial score (nSPS) is 12.7. The maximum atomic E-state index is 12.6. The Labute approximate surface area is 118 Å². The molecule has 1 rings (SSSR count). The Morgan fingerprint density at radius 2 is 1.83 bits per heavy atom. The van der Waals surface area contributed by atoms with Crippen LogP contribution >= 0.6 is 15.9 Å². The lowest BCUT2D eigenvalue weighted by Gasteiger charge is -2.20. The van der Waals surface area contributed by atoms with E-state index >= 15 is 0 Å². The third-order valence-corrected chi connectivity index (χ3v) is 4.35. The van der Waals surface area contributed by atoms with Crippen LogP contribution in [0, 0.1) is 25.7 Å². The molecule has 0 spiro atoms. The zero-order chi connectivity index (χ0) is 14.0. The number of carbonyl (C=O) groups is 1. The number of methoxy groups -OCH3 is 1. The van der Waals surface area contributed by atoms with Gasteiger partial charge in [0, 0.05) is 10.4 Å². The molecule has 0 saturated carbocycles. The number of ether oxygens (including phenoxy) is 1. The Morgan fingerprint density at radius 3 is 2.28 bits per heavy atom. The molecule has 0 heterocycles. The van der Waals surface area contributed by atoms with E-state index in [1.54, 1.807) is 7.11 Å². The van der Waals surface area contributed by atoms with Gasteiger partial charge in [0.2, 0.25) is 0 Å². The van der Waals surface area contributed by atoms with Gasteiger partial charge in [-0.05, 0) is 37.0 Å². The highest BCUT2D eigenvalue weighted by molar-refractivity contribution is 9.10. The standard InChI is InChI=1S/C15H21BrO2/c1-8(2)10(4)14(17)13-11(5)12(16)7-9(3)15(13)18-6/h7-8,10H,1-6H3. The van der Waals surface area contributed by atoms with Gasteiger partial charge in [-0.3, -0.25) is 4.79 Å². The molecule has 18 heavy (non-hydrogen) atoms. The first kappa shape index (κ1) is 15.2. The van der Waals surface area contributed by atoms with Crippen molar-refractivity contribution in [2.24, 2.45) is 11.8 Å². The van der Waals surface area contributed by atoms with Crippen molar-refractivity contribution < 1.29 is 9.53 Å². The predicted octanol–water partition coefficient (Wildman–Crippen LogP) is 4.55. The molecule has 1 unspecified atom stereocenters. The Kier molecular flexibility index (Phi) is 4.97. The number of benzene rings is 1. The number of aryl methyl sites for hydroxylation is 1. The molecule has 0 aliphatic rings. The van der Waals surface area contributed by atoms with Crippen molar-refractivity contribution in [3.63, 3.8) is 0 Å². The molecule has 2 nitrogen and oxygen atoms in total. The lowest BCUT2D eigenvalue weighted by Crippen LogP contribution is -2.19. The Bertz CT molecular complexity index is 464. The zero-order valence-electron chi connectivity index (χ0n) is 11.9. The van der Waals surface area contributed by atoms with Gasteiger partial charge >= 0.3 is 0 Å². The van der Waals surface area contributed by atoms with E-state index in [9.17, 15) is 4.79 Å². The van der Waals surface area contributed by atoms with Crippen molar-refractivity contribution in [3.8, 4) is 5.75 Å². The highest BCUT2D eigenvalue weighted by Crippen LogP contribution is 2.34. The van der Waals surface area contributed by atoms with Crippen LogP contribution < -0.4 is 4.74 Å². The van der Waals surface area contributed by atoms with Crippen LogP contribution in [0.5, 0.6) is 5.75 Å². The minimum Gasteiger partial charge on any atom is -0.496 e. The fourth-order valence-corrected chi connectivity index (χ4v) is 2.48. The molecule has 1 atom stereocenters. The Hall–Kier alpha value is -0.830. The van der Waals surface area contributed by atoms with Gasteiger partial charge in [0.25, 0.3) is 0 Å². The van der Waals surface area contributed by atoms with Crippen molar-refractivity contribution in [1.29, 1.82) is 0 Å². The fraction of sp³-hybridized carbons (Fsp3) is 0.533. The first-order chi connectivity index (χ1) is 8.31. The third-order valence-electron chi connectivity index (χ3n) is 3.53. The first-order valence-electron chi connectivity index (χ1n) is 6.19. The van der Waals surface area contributed by atoms with Gasteiger partial charge in [0.15, 0.2) is 5.78 Å². The van der Waals surface area contributed by atoms with Crippen LogP contribution in [0.25, 0.3) is 0 Å². The Morgan fingerprint density at radius 1 is 1.28 bits per heavy atom. The zero-order valence-corrected chi connectivity index (χ0v) is 13.5. The third kappa shape index (κ3) is 2.77. The molecule has 0 aliphatic heterocycles. The van der Waals surface area contributed by atoms with Crippen LogP contribution in [0.2, 0.25) is 0 Å². The van der Waals surface area contributed by atoms with Crippen LogP contribution in [0.4, 0.5) is 0 Å². The number of hydrogen-bond acceptors (Lipinski definition) is 2. The number of halogens is 1. The summed E-state index contributed by atoms with van der Waals surface area (Å²) in [4.78, 5) is 12.6. The summed E-state index contributed by atoms with van der Waals surface area (Å²) in [6, 6.07) is 1.99. The molecule has 0 radical (unpaired) electrons. The van der Waals surface area contributed by atoms with E-state index in [2.05, 4.69) is 29.8 Å². The van der Waals surface area contributed by atoms with Gasteiger partial charge < -0.3 is 4.74 Å². The van der Waals surface area contributed by atoms with Crippen LogP contribution in [0.15, 0.2) is 10.5 Å². The summed E-state index contributed by atoms with van der Waals surface area (Å²) >= 11 is 3.51. The molecule has 0 amide bonds. The second-order valence-electron chi connectivity index (χ2n) is 5.11. The quantitative estimate of drug-likeness (QED) is 0.762. The maximum Gasteiger partial charge on any atom is 0.169 e. The molecule has 0 aromatic heterocycles. The van der Waals surface area contributed by atoms with E-state index in [0.29, 0.717) is 17.2 Å². The fourth-order valence-electron chi connectivity index (χ4n) is 1.94. The highest BCUT2D eigenvalue weighted by atomic mass is 79.9. The van der Waals surface area contributed by atoms with E-state index in [1.807, 2.05) is 26.8 Å². The topological polar surface area (TPSA) is 26.3 Å². The molecular formula is C15H21BrO2. The number of Topliss-reactive ketones (excluding diaryl/α,β-unsaturated/α-hetero) is 1. The summed E-state index contributed by atoms with van der Waals surface area (Å²) in [6.07, 6.45) is 0. The SMILES string of the molecule is COc1c(C)cc(Br)c(C)c1C(=O)C(C)C(C)C. The van der Waals surface area contributed by atoms with Crippen molar-refractivity contribution in [3.05, 3.63) is 27.2 Å². The van der Waals surface area contributed by atoms with Crippen molar-refractivity contribution in [2.45, 2.75) is 34.6 Å². The second-order valence-corrected chi connectivity index (χ2v) is 5.96. The molecular weight excluding hydrogens is 292 g/mol. The largest absolute Gasteiger partial charge is 0.496 e. The van der Waals surface area contributed by atoms with E-state index in [0.717, 1.165) is 15.6 Å². The number of ketones is 1. The summed E-state index contributed by atoms with van der Waals surface area (Å²) in [5, 5.41) is 0. The summed E-state index contributed by atoms with van der Waals surface area (Å²) in [7, 11) is 1.62. The van der Waals surface area contributed by atoms with Crippen LogP contribution in [0.1, 0.15) is 42.3 Å². The average Bonchev–Trinajstić information content (AvgIpc) is 2.31. The molecule has 1 aromatic rings. The van der Waals surface area contributed by atoms with Crippen molar-refractivity contribution >= 4 is 21.7 Å². The van der Waals surface area contributed by atoms with Gasteiger partial charge in [-0.25, -0.2) is 0 Å². The van der Waals surface area contributed by atoms with Gasteiger partial charge in [-0.2, -0.15) is 0 Å². The van der Waals surface area contributed by atoms with Gasteiger partial charge in [0.1, 0.15) is 5.75 Å². The monoisotopic (exact) mass is 312 g/mol. The molecule has 0 aliphatic carbocycles. The average molecular weight is 313 g/mol. The molecule has 0 fully saturated rings. The maximum absolute atomic E-state index is 12.6. The van der Waals surface area contributed by atoms with E-state index in [4.69, 9.17) is 4.74 Å². The summed E-state index contributed by atoms with van der Waals surface area (Å²) in [6.45, 7) is 10.0. The van der Waals surface area contributed by atoms with E-state index in [-0.39, 0.29) is 11.7 Å².